The Morgan fingerprint density at radius 1 is 0.925 bits per heavy atom. The number of aryl methyl sites for hydroxylation is 1. The Bertz CT molecular complexity index is 1390. The van der Waals surface area contributed by atoms with Gasteiger partial charge >= 0.3 is 0 Å². The quantitative estimate of drug-likeness (QED) is 0.317. The molecule has 8 nitrogen and oxygen atoms in total. The van der Waals surface area contributed by atoms with Crippen molar-refractivity contribution < 1.29 is 22.7 Å². The van der Waals surface area contributed by atoms with Crippen molar-refractivity contribution >= 4 is 27.5 Å². The van der Waals surface area contributed by atoms with Crippen LogP contribution in [0.15, 0.2) is 83.8 Å². The second kappa shape index (κ2) is 14.0. The monoisotopic (exact) mass is 565 g/mol. The first kappa shape index (κ1) is 30.7. The van der Waals surface area contributed by atoms with Crippen LogP contribution in [0.4, 0.5) is 5.69 Å². The molecule has 0 aromatic heterocycles. The first-order valence-electron chi connectivity index (χ1n) is 13.5. The number of sulfonamides is 1. The topological polar surface area (TPSA) is 96.0 Å². The lowest BCUT2D eigenvalue weighted by Gasteiger charge is -2.34. The van der Waals surface area contributed by atoms with Crippen LogP contribution in [0.2, 0.25) is 0 Å². The lowest BCUT2D eigenvalue weighted by Crippen LogP contribution is -2.53. The van der Waals surface area contributed by atoms with Gasteiger partial charge in [0, 0.05) is 12.6 Å². The molecule has 0 aliphatic rings. The molecule has 40 heavy (non-hydrogen) atoms. The summed E-state index contributed by atoms with van der Waals surface area (Å²) in [5, 5.41) is 2.99. The van der Waals surface area contributed by atoms with E-state index < -0.39 is 28.5 Å². The number of benzene rings is 3. The lowest BCUT2D eigenvalue weighted by atomic mass is 10.1. The Balaban J connectivity index is 2.07. The lowest BCUT2D eigenvalue weighted by molar-refractivity contribution is -0.140. The molecule has 3 rings (SSSR count). The fourth-order valence-electron chi connectivity index (χ4n) is 4.40. The van der Waals surface area contributed by atoms with Crippen molar-refractivity contribution in [3.05, 3.63) is 90.0 Å². The zero-order valence-electron chi connectivity index (χ0n) is 23.8. The van der Waals surface area contributed by atoms with E-state index in [0.29, 0.717) is 23.4 Å². The number of anilines is 1. The average molecular weight is 566 g/mol. The molecule has 0 radical (unpaired) electrons. The van der Waals surface area contributed by atoms with Crippen LogP contribution in [0, 0.1) is 6.92 Å². The fraction of sp³-hybridized carbons (Fsp3) is 0.355. The number of ether oxygens (including phenoxy) is 1. The number of hydrogen-bond donors (Lipinski definition) is 1. The maximum Gasteiger partial charge on any atom is 0.264 e. The first-order chi connectivity index (χ1) is 19.1. The van der Waals surface area contributed by atoms with Crippen LogP contribution >= 0.6 is 0 Å². The van der Waals surface area contributed by atoms with E-state index in [9.17, 15) is 18.0 Å². The Hall–Kier alpha value is -3.85. The molecule has 0 fully saturated rings. The van der Waals surface area contributed by atoms with Crippen LogP contribution in [0.3, 0.4) is 0 Å². The van der Waals surface area contributed by atoms with Crippen molar-refractivity contribution in [1.82, 2.24) is 10.2 Å². The Labute approximate surface area is 238 Å². The number of nitrogens with one attached hydrogen (secondary N) is 1. The maximum absolute atomic E-state index is 14.1. The fourth-order valence-corrected chi connectivity index (χ4v) is 5.90. The van der Waals surface area contributed by atoms with Gasteiger partial charge in [0.15, 0.2) is 0 Å². The molecule has 0 heterocycles. The summed E-state index contributed by atoms with van der Waals surface area (Å²) in [6.07, 6.45) is 1.09. The predicted molar refractivity (Wildman–Crippen MR) is 158 cm³/mol. The largest absolute Gasteiger partial charge is 0.497 e. The van der Waals surface area contributed by atoms with Crippen LogP contribution in [-0.4, -0.2) is 50.9 Å². The van der Waals surface area contributed by atoms with E-state index in [-0.39, 0.29) is 23.4 Å². The van der Waals surface area contributed by atoms with E-state index in [1.165, 1.54) is 17.0 Å². The molecule has 0 unspecified atom stereocenters. The summed E-state index contributed by atoms with van der Waals surface area (Å²) in [6.45, 7) is 7.15. The third kappa shape index (κ3) is 7.41. The van der Waals surface area contributed by atoms with Crippen LogP contribution in [0.1, 0.15) is 44.7 Å². The molecule has 2 amide bonds. The van der Waals surface area contributed by atoms with Gasteiger partial charge in [-0.1, -0.05) is 62.4 Å². The second-order valence-electron chi connectivity index (χ2n) is 9.73. The smallest absolute Gasteiger partial charge is 0.264 e. The molecule has 3 aromatic rings. The molecule has 1 N–H and O–H groups in total. The number of carbonyl (C=O) groups excluding carboxylic acids is 2. The zero-order chi connectivity index (χ0) is 29.3. The first-order valence-corrected chi connectivity index (χ1v) is 14.9. The molecular formula is C31H39N3O5S. The molecule has 2 atom stereocenters. The normalized spacial score (nSPS) is 12.7. The van der Waals surface area contributed by atoms with Crippen molar-refractivity contribution in [2.24, 2.45) is 0 Å². The van der Waals surface area contributed by atoms with Gasteiger partial charge in [-0.3, -0.25) is 13.9 Å². The Morgan fingerprint density at radius 3 is 2.23 bits per heavy atom. The van der Waals surface area contributed by atoms with E-state index in [0.717, 1.165) is 16.3 Å². The molecule has 3 aromatic carbocycles. The van der Waals surface area contributed by atoms with Crippen LogP contribution in [0.5, 0.6) is 5.75 Å². The maximum atomic E-state index is 14.1. The highest BCUT2D eigenvalue weighted by molar-refractivity contribution is 7.92. The third-order valence-electron chi connectivity index (χ3n) is 6.87. The summed E-state index contributed by atoms with van der Waals surface area (Å²) in [7, 11) is -2.54. The molecular weight excluding hydrogens is 526 g/mol. The number of nitrogens with zero attached hydrogens (tertiary/aromatic N) is 2. The molecule has 0 aliphatic carbocycles. The van der Waals surface area contributed by atoms with Crippen molar-refractivity contribution in [2.75, 3.05) is 18.0 Å². The van der Waals surface area contributed by atoms with E-state index >= 15 is 0 Å². The summed E-state index contributed by atoms with van der Waals surface area (Å²) in [5.74, 6) is -0.145. The van der Waals surface area contributed by atoms with Crippen LogP contribution < -0.4 is 14.4 Å². The standard InChI is InChI=1S/C31H39N3O5S/c1-6-24(4)32-31(36)28(7-2)33(21-25-15-13-16-26(20-25)39-5)30(35)22-34(29-19-12-11-14-23(29)3)40(37,38)27-17-9-8-10-18-27/h8-20,24,28H,6-7,21-22H2,1-5H3,(H,32,36)/t24-,28+/m1/s1. The van der Waals surface area contributed by atoms with Gasteiger partial charge in [-0.05, 0) is 68.1 Å². The van der Waals surface area contributed by atoms with Gasteiger partial charge in [-0.15, -0.1) is 0 Å². The number of amides is 2. The van der Waals surface area contributed by atoms with Crippen molar-refractivity contribution in [2.45, 2.75) is 64.1 Å². The minimum Gasteiger partial charge on any atom is -0.497 e. The van der Waals surface area contributed by atoms with Crippen LogP contribution in [-0.2, 0) is 26.2 Å². The SMILES string of the molecule is CC[C@@H](C)NC(=O)[C@H](CC)N(Cc1cccc(OC)c1)C(=O)CN(c1ccccc1C)S(=O)(=O)c1ccccc1. The van der Waals surface area contributed by atoms with E-state index in [1.54, 1.807) is 62.6 Å². The van der Waals surface area contributed by atoms with Crippen molar-refractivity contribution in [1.29, 1.82) is 0 Å². The van der Waals surface area contributed by atoms with E-state index in [2.05, 4.69) is 5.32 Å². The molecule has 0 spiro atoms. The van der Waals surface area contributed by atoms with Crippen molar-refractivity contribution in [3.8, 4) is 5.75 Å². The summed E-state index contributed by atoms with van der Waals surface area (Å²) < 4.78 is 34.3. The molecule has 0 bridgehead atoms. The summed E-state index contributed by atoms with van der Waals surface area (Å²) in [4.78, 5) is 29.1. The summed E-state index contributed by atoms with van der Waals surface area (Å²) in [5.41, 5.74) is 1.87. The zero-order valence-corrected chi connectivity index (χ0v) is 24.6. The molecule has 9 heteroatoms. The third-order valence-corrected chi connectivity index (χ3v) is 8.64. The molecule has 0 saturated heterocycles. The summed E-state index contributed by atoms with van der Waals surface area (Å²) >= 11 is 0. The van der Waals surface area contributed by atoms with E-state index in [1.807, 2.05) is 39.0 Å². The number of para-hydroxylation sites is 1. The van der Waals surface area contributed by atoms with Gasteiger partial charge in [-0.2, -0.15) is 0 Å². The second-order valence-corrected chi connectivity index (χ2v) is 11.6. The number of carbonyl (C=O) groups is 2. The highest BCUT2D eigenvalue weighted by atomic mass is 32.2. The number of rotatable bonds is 13. The van der Waals surface area contributed by atoms with Gasteiger partial charge < -0.3 is 15.0 Å². The highest BCUT2D eigenvalue weighted by Gasteiger charge is 2.34. The molecule has 0 aliphatic heterocycles. The van der Waals surface area contributed by atoms with Gasteiger partial charge in [-0.25, -0.2) is 8.42 Å². The Kier molecular flexibility index (Phi) is 10.7. The predicted octanol–water partition coefficient (Wildman–Crippen LogP) is 4.92. The average Bonchev–Trinajstić information content (AvgIpc) is 2.96. The van der Waals surface area contributed by atoms with Gasteiger partial charge in [0.2, 0.25) is 11.8 Å². The van der Waals surface area contributed by atoms with Gasteiger partial charge in [0.05, 0.1) is 17.7 Å². The number of hydrogen-bond acceptors (Lipinski definition) is 5. The van der Waals surface area contributed by atoms with Crippen molar-refractivity contribution in [3.63, 3.8) is 0 Å². The molecule has 214 valence electrons. The number of methoxy groups -OCH3 is 1. The van der Waals surface area contributed by atoms with Gasteiger partial charge in [0.1, 0.15) is 18.3 Å². The minimum absolute atomic E-state index is 0.0720. The van der Waals surface area contributed by atoms with Crippen LogP contribution in [0.25, 0.3) is 0 Å². The van der Waals surface area contributed by atoms with E-state index in [4.69, 9.17) is 4.74 Å². The highest BCUT2D eigenvalue weighted by Crippen LogP contribution is 2.27. The summed E-state index contributed by atoms with van der Waals surface area (Å²) in [6, 6.07) is 21.5. The van der Waals surface area contributed by atoms with Gasteiger partial charge in [0.25, 0.3) is 10.0 Å². The Morgan fingerprint density at radius 2 is 1.60 bits per heavy atom. The minimum atomic E-state index is -4.10. The molecule has 0 saturated carbocycles.